The summed E-state index contributed by atoms with van der Waals surface area (Å²) in [5.41, 5.74) is 2.06. The molecule has 0 aliphatic carbocycles. The van der Waals surface area contributed by atoms with Crippen LogP contribution in [-0.2, 0) is 0 Å². The van der Waals surface area contributed by atoms with Gasteiger partial charge < -0.3 is 5.32 Å². The van der Waals surface area contributed by atoms with Crippen molar-refractivity contribution in [2.45, 2.75) is 6.92 Å². The van der Waals surface area contributed by atoms with Gasteiger partial charge in [-0.3, -0.25) is 4.79 Å². The summed E-state index contributed by atoms with van der Waals surface area (Å²) >= 11 is 6.54. The maximum absolute atomic E-state index is 13.0. The van der Waals surface area contributed by atoms with E-state index in [0.717, 1.165) is 15.7 Å². The maximum Gasteiger partial charge on any atom is 0.256 e. The fraction of sp³-hybridized carbons (Fsp3) is 0.0714. The van der Waals surface area contributed by atoms with Crippen LogP contribution in [0.4, 0.5) is 10.1 Å². The summed E-state index contributed by atoms with van der Waals surface area (Å²) in [5, 5.41) is 2.81. The quantitative estimate of drug-likeness (QED) is 0.780. The monoisotopic (exact) mass is 385 g/mol. The lowest BCUT2D eigenvalue weighted by atomic mass is 10.1. The van der Waals surface area contributed by atoms with Gasteiger partial charge in [-0.05, 0) is 58.7 Å². The number of carbonyl (C=O) groups is 1. The van der Waals surface area contributed by atoms with E-state index in [1.165, 1.54) is 18.2 Å². The molecule has 0 aromatic heterocycles. The lowest BCUT2D eigenvalue weighted by Gasteiger charge is -2.10. The number of benzene rings is 2. The molecule has 0 saturated carbocycles. The van der Waals surface area contributed by atoms with Crippen LogP contribution in [0.5, 0.6) is 0 Å². The molecule has 1 amide bonds. The fourth-order valence-corrected chi connectivity index (χ4v) is 2.48. The molecule has 0 bridgehead atoms. The first kappa shape index (κ1) is 14.2. The van der Waals surface area contributed by atoms with Gasteiger partial charge in [-0.1, -0.05) is 22.0 Å². The Morgan fingerprint density at radius 1 is 1.16 bits per heavy atom. The third-order valence-corrected chi connectivity index (χ3v) is 3.77. The van der Waals surface area contributed by atoms with Crippen molar-refractivity contribution >= 4 is 43.5 Å². The zero-order valence-corrected chi connectivity index (χ0v) is 13.2. The second kappa shape index (κ2) is 5.84. The lowest BCUT2D eigenvalue weighted by molar-refractivity contribution is 0.102. The fourth-order valence-electron chi connectivity index (χ4n) is 1.59. The molecular formula is C14H10Br2FNO. The van der Waals surface area contributed by atoms with Crippen molar-refractivity contribution in [3.05, 3.63) is 62.3 Å². The van der Waals surface area contributed by atoms with Crippen LogP contribution >= 0.6 is 31.9 Å². The molecular weight excluding hydrogens is 377 g/mol. The number of rotatable bonds is 2. The summed E-state index contributed by atoms with van der Waals surface area (Å²) in [6.07, 6.45) is 0. The first-order chi connectivity index (χ1) is 8.97. The summed E-state index contributed by atoms with van der Waals surface area (Å²) < 4.78 is 14.3. The van der Waals surface area contributed by atoms with Crippen LogP contribution in [0.25, 0.3) is 0 Å². The highest BCUT2D eigenvalue weighted by Crippen LogP contribution is 2.23. The van der Waals surface area contributed by atoms with Crippen molar-refractivity contribution in [1.82, 2.24) is 0 Å². The molecule has 0 saturated heterocycles. The van der Waals surface area contributed by atoms with Gasteiger partial charge in [-0.15, -0.1) is 0 Å². The number of nitrogens with one attached hydrogen (secondary N) is 1. The number of hydrogen-bond acceptors (Lipinski definition) is 1. The van der Waals surface area contributed by atoms with Gasteiger partial charge in [-0.25, -0.2) is 4.39 Å². The normalized spacial score (nSPS) is 10.3. The Bertz CT molecular complexity index is 643. The zero-order valence-electron chi connectivity index (χ0n) is 10.0. The largest absolute Gasteiger partial charge is 0.322 e. The minimum absolute atomic E-state index is 0.284. The van der Waals surface area contributed by atoms with E-state index in [4.69, 9.17) is 0 Å². The van der Waals surface area contributed by atoms with Gasteiger partial charge in [0.25, 0.3) is 5.91 Å². The lowest BCUT2D eigenvalue weighted by Crippen LogP contribution is -2.13. The van der Waals surface area contributed by atoms with Crippen LogP contribution in [0.15, 0.2) is 45.3 Å². The molecule has 19 heavy (non-hydrogen) atoms. The Balaban J connectivity index is 2.28. The standard InChI is InChI=1S/C14H10Br2FNO/c1-8-2-3-9(15)6-13(8)18-14(19)11-5-4-10(17)7-12(11)16/h2-7H,1H3,(H,18,19). The summed E-state index contributed by atoms with van der Waals surface area (Å²) in [4.78, 5) is 12.1. The molecule has 2 rings (SSSR count). The van der Waals surface area contributed by atoms with Gasteiger partial charge in [0.2, 0.25) is 0 Å². The zero-order chi connectivity index (χ0) is 14.0. The highest BCUT2D eigenvalue weighted by atomic mass is 79.9. The van der Waals surface area contributed by atoms with Crippen LogP contribution < -0.4 is 5.32 Å². The Morgan fingerprint density at radius 2 is 1.89 bits per heavy atom. The third kappa shape index (κ3) is 3.42. The third-order valence-electron chi connectivity index (χ3n) is 2.62. The smallest absolute Gasteiger partial charge is 0.256 e. The number of anilines is 1. The Hall–Kier alpha value is -1.20. The molecule has 0 fully saturated rings. The molecule has 0 radical (unpaired) electrons. The van der Waals surface area contributed by atoms with Gasteiger partial charge in [-0.2, -0.15) is 0 Å². The number of aryl methyl sites for hydroxylation is 1. The SMILES string of the molecule is Cc1ccc(Br)cc1NC(=O)c1ccc(F)cc1Br. The van der Waals surface area contributed by atoms with Gasteiger partial charge >= 0.3 is 0 Å². The molecule has 2 aromatic rings. The molecule has 0 aliphatic heterocycles. The molecule has 0 atom stereocenters. The van der Waals surface area contributed by atoms with Crippen LogP contribution in [0, 0.1) is 12.7 Å². The predicted molar refractivity (Wildman–Crippen MR) is 80.9 cm³/mol. The Labute approximate surface area is 127 Å². The molecule has 2 nitrogen and oxygen atoms in total. The van der Waals surface area contributed by atoms with Crippen LogP contribution in [0.1, 0.15) is 15.9 Å². The van der Waals surface area contributed by atoms with Crippen molar-refractivity contribution in [3.63, 3.8) is 0 Å². The van der Waals surface area contributed by atoms with Crippen molar-refractivity contribution in [2.75, 3.05) is 5.32 Å². The maximum atomic E-state index is 13.0. The van der Waals surface area contributed by atoms with Gasteiger partial charge in [0.15, 0.2) is 0 Å². The van der Waals surface area contributed by atoms with E-state index in [2.05, 4.69) is 37.2 Å². The van der Waals surface area contributed by atoms with Crippen molar-refractivity contribution < 1.29 is 9.18 Å². The summed E-state index contributed by atoms with van der Waals surface area (Å²) in [5.74, 6) is -0.671. The van der Waals surface area contributed by atoms with Crippen LogP contribution in [0.2, 0.25) is 0 Å². The summed E-state index contributed by atoms with van der Waals surface area (Å²) in [7, 11) is 0. The second-order valence-electron chi connectivity index (χ2n) is 4.04. The first-order valence-electron chi connectivity index (χ1n) is 5.50. The average Bonchev–Trinajstić information content (AvgIpc) is 2.33. The van der Waals surface area contributed by atoms with Crippen LogP contribution in [0.3, 0.4) is 0 Å². The number of carbonyl (C=O) groups excluding carboxylic acids is 1. The van der Waals surface area contributed by atoms with Gasteiger partial charge in [0.1, 0.15) is 5.82 Å². The Morgan fingerprint density at radius 3 is 2.58 bits per heavy atom. The summed E-state index contributed by atoms with van der Waals surface area (Å²) in [6, 6.07) is 9.60. The van der Waals surface area contributed by atoms with Crippen LogP contribution in [-0.4, -0.2) is 5.91 Å². The van der Waals surface area contributed by atoms with E-state index in [0.29, 0.717) is 10.0 Å². The predicted octanol–water partition coefficient (Wildman–Crippen LogP) is 4.91. The topological polar surface area (TPSA) is 29.1 Å². The molecule has 0 aliphatic rings. The molecule has 0 spiro atoms. The number of amides is 1. The Kier molecular flexibility index (Phi) is 4.37. The number of halogens is 3. The van der Waals surface area contributed by atoms with Gasteiger partial charge in [0, 0.05) is 14.6 Å². The first-order valence-corrected chi connectivity index (χ1v) is 7.08. The van der Waals surface area contributed by atoms with E-state index in [-0.39, 0.29) is 11.7 Å². The molecule has 5 heteroatoms. The molecule has 0 unspecified atom stereocenters. The van der Waals surface area contributed by atoms with E-state index in [9.17, 15) is 9.18 Å². The molecule has 98 valence electrons. The molecule has 1 N–H and O–H groups in total. The van der Waals surface area contributed by atoms with Crippen molar-refractivity contribution in [3.8, 4) is 0 Å². The van der Waals surface area contributed by atoms with Crippen molar-refractivity contribution in [1.29, 1.82) is 0 Å². The molecule has 0 heterocycles. The van der Waals surface area contributed by atoms with E-state index in [1.54, 1.807) is 0 Å². The van der Waals surface area contributed by atoms with Crippen molar-refractivity contribution in [2.24, 2.45) is 0 Å². The van der Waals surface area contributed by atoms with E-state index >= 15 is 0 Å². The highest BCUT2D eigenvalue weighted by molar-refractivity contribution is 9.10. The van der Waals surface area contributed by atoms with E-state index < -0.39 is 0 Å². The minimum atomic E-state index is -0.387. The second-order valence-corrected chi connectivity index (χ2v) is 5.81. The summed E-state index contributed by atoms with van der Waals surface area (Å²) in [6.45, 7) is 1.90. The molecule has 2 aromatic carbocycles. The van der Waals surface area contributed by atoms with E-state index in [1.807, 2.05) is 25.1 Å². The number of hydrogen-bond donors (Lipinski definition) is 1. The van der Waals surface area contributed by atoms with Gasteiger partial charge in [0.05, 0.1) is 5.56 Å². The average molecular weight is 387 g/mol. The highest BCUT2D eigenvalue weighted by Gasteiger charge is 2.12. The minimum Gasteiger partial charge on any atom is -0.322 e.